The fraction of sp³-hybridized carbons (Fsp3) is 0.524. The molecule has 2 heterocycles. The first kappa shape index (κ1) is 19.0. The molecule has 28 heavy (non-hydrogen) atoms. The Hall–Kier alpha value is -2.38. The highest BCUT2D eigenvalue weighted by atomic mass is 16.5. The van der Waals surface area contributed by atoms with Crippen molar-refractivity contribution in [3.63, 3.8) is 0 Å². The minimum Gasteiger partial charge on any atom is -0.396 e. The third kappa shape index (κ3) is 3.52. The Morgan fingerprint density at radius 1 is 1.29 bits per heavy atom. The summed E-state index contributed by atoms with van der Waals surface area (Å²) in [5, 5.41) is 12.6. The number of carbonyl (C=O) groups excluding carboxylic acids is 1. The largest absolute Gasteiger partial charge is 0.396 e. The van der Waals surface area contributed by atoms with Crippen molar-refractivity contribution < 1.29 is 14.6 Å². The minimum atomic E-state index is -0.0976. The summed E-state index contributed by atoms with van der Waals surface area (Å²) in [5.74, 6) is 0.178. The standard InChI is InChI=1S/C21H27N3O4/c1-2-3-16-12-20(26)24(22-16)17-6-4-15(5-7-17)21(27)23-8-9-28-19-11-14(13-25)10-18(19)23/h4-7,12,14,18-19,22,25H,2-3,8-11,13H2,1H3/t14-,18+,19?/m1/s1. The molecule has 1 aromatic heterocycles. The van der Waals surface area contributed by atoms with Crippen molar-refractivity contribution in [1.29, 1.82) is 0 Å². The van der Waals surface area contributed by atoms with Gasteiger partial charge in [-0.2, -0.15) is 0 Å². The molecular weight excluding hydrogens is 358 g/mol. The van der Waals surface area contributed by atoms with Crippen molar-refractivity contribution in [2.45, 2.75) is 44.8 Å². The van der Waals surface area contributed by atoms with Gasteiger partial charge in [0, 0.05) is 30.5 Å². The highest BCUT2D eigenvalue weighted by Crippen LogP contribution is 2.34. The van der Waals surface area contributed by atoms with E-state index in [0.717, 1.165) is 31.4 Å². The fourth-order valence-corrected chi connectivity index (χ4v) is 4.40. The zero-order chi connectivity index (χ0) is 19.7. The van der Waals surface area contributed by atoms with E-state index in [1.807, 2.05) is 4.90 Å². The van der Waals surface area contributed by atoms with E-state index in [1.165, 1.54) is 4.68 Å². The van der Waals surface area contributed by atoms with Crippen LogP contribution in [0, 0.1) is 5.92 Å². The number of aromatic amines is 1. The molecule has 0 radical (unpaired) electrons. The summed E-state index contributed by atoms with van der Waals surface area (Å²) >= 11 is 0. The zero-order valence-corrected chi connectivity index (χ0v) is 16.1. The number of aliphatic hydroxyl groups is 1. The summed E-state index contributed by atoms with van der Waals surface area (Å²) in [6, 6.07) is 8.78. The van der Waals surface area contributed by atoms with Crippen molar-refractivity contribution in [2.75, 3.05) is 19.8 Å². The molecule has 7 heteroatoms. The van der Waals surface area contributed by atoms with Gasteiger partial charge < -0.3 is 14.7 Å². The Balaban J connectivity index is 1.52. The molecule has 2 aromatic rings. The molecule has 1 saturated heterocycles. The van der Waals surface area contributed by atoms with E-state index >= 15 is 0 Å². The molecule has 1 saturated carbocycles. The second-order valence-corrected chi connectivity index (χ2v) is 7.75. The Morgan fingerprint density at radius 3 is 2.79 bits per heavy atom. The molecule has 4 rings (SSSR count). The number of nitrogens with zero attached hydrogens (tertiary/aromatic N) is 2. The molecule has 0 spiro atoms. The normalized spacial score (nSPS) is 24.4. The van der Waals surface area contributed by atoms with E-state index < -0.39 is 0 Å². The minimum absolute atomic E-state index is 0.0172. The van der Waals surface area contributed by atoms with E-state index in [9.17, 15) is 14.7 Å². The van der Waals surface area contributed by atoms with Gasteiger partial charge in [0.05, 0.1) is 24.4 Å². The number of morpholine rings is 1. The second-order valence-electron chi connectivity index (χ2n) is 7.75. The van der Waals surface area contributed by atoms with Crippen LogP contribution in [0.25, 0.3) is 5.69 Å². The maximum absolute atomic E-state index is 13.1. The van der Waals surface area contributed by atoms with Crippen molar-refractivity contribution in [3.05, 3.63) is 51.9 Å². The molecule has 150 valence electrons. The van der Waals surface area contributed by atoms with Gasteiger partial charge in [-0.05, 0) is 49.4 Å². The molecule has 0 bridgehead atoms. The van der Waals surface area contributed by atoms with Gasteiger partial charge in [0.25, 0.3) is 11.5 Å². The smallest absolute Gasteiger partial charge is 0.271 e. The van der Waals surface area contributed by atoms with Crippen LogP contribution in [0.3, 0.4) is 0 Å². The number of amides is 1. The van der Waals surface area contributed by atoms with Gasteiger partial charge in [0.15, 0.2) is 0 Å². The van der Waals surface area contributed by atoms with Gasteiger partial charge in [0.2, 0.25) is 0 Å². The third-order valence-corrected chi connectivity index (χ3v) is 5.82. The Kier molecular flexibility index (Phi) is 5.37. The summed E-state index contributed by atoms with van der Waals surface area (Å²) < 4.78 is 7.32. The SMILES string of the molecule is CCCc1cc(=O)n(-c2ccc(C(=O)N3CCOC4C[C@H](CO)C[C@@H]43)cc2)[nH]1. The van der Waals surface area contributed by atoms with E-state index in [4.69, 9.17) is 4.74 Å². The quantitative estimate of drug-likeness (QED) is 0.821. The van der Waals surface area contributed by atoms with Crippen molar-refractivity contribution in [1.82, 2.24) is 14.7 Å². The topological polar surface area (TPSA) is 87.6 Å². The van der Waals surface area contributed by atoms with Gasteiger partial charge in [-0.15, -0.1) is 0 Å². The van der Waals surface area contributed by atoms with Crippen LogP contribution in [0.5, 0.6) is 0 Å². The number of nitrogens with one attached hydrogen (secondary N) is 1. The predicted octanol–water partition coefficient (Wildman–Crippen LogP) is 1.73. The predicted molar refractivity (Wildman–Crippen MR) is 105 cm³/mol. The highest BCUT2D eigenvalue weighted by Gasteiger charge is 2.42. The summed E-state index contributed by atoms with van der Waals surface area (Å²) in [6.07, 6.45) is 3.39. The molecule has 1 aliphatic carbocycles. The summed E-state index contributed by atoms with van der Waals surface area (Å²) in [5.41, 5.74) is 2.13. The Morgan fingerprint density at radius 2 is 2.07 bits per heavy atom. The van der Waals surface area contributed by atoms with Crippen LogP contribution in [0.4, 0.5) is 0 Å². The van der Waals surface area contributed by atoms with Crippen molar-refractivity contribution in [2.24, 2.45) is 5.92 Å². The fourth-order valence-electron chi connectivity index (χ4n) is 4.40. The van der Waals surface area contributed by atoms with Gasteiger partial charge in [-0.3, -0.25) is 14.7 Å². The Labute approximate surface area is 163 Å². The summed E-state index contributed by atoms with van der Waals surface area (Å²) in [7, 11) is 0. The lowest BCUT2D eigenvalue weighted by Crippen LogP contribution is -2.51. The van der Waals surface area contributed by atoms with Crippen LogP contribution in [-0.4, -0.2) is 57.6 Å². The average Bonchev–Trinajstić information content (AvgIpc) is 3.30. The first-order valence-electron chi connectivity index (χ1n) is 10.1. The molecule has 1 unspecified atom stereocenters. The lowest BCUT2D eigenvalue weighted by Gasteiger charge is -2.37. The molecule has 1 aliphatic heterocycles. The number of hydrogen-bond donors (Lipinski definition) is 2. The zero-order valence-electron chi connectivity index (χ0n) is 16.1. The van der Waals surface area contributed by atoms with Gasteiger partial charge >= 0.3 is 0 Å². The van der Waals surface area contributed by atoms with Crippen LogP contribution >= 0.6 is 0 Å². The molecule has 3 atom stereocenters. The second kappa shape index (κ2) is 7.93. The third-order valence-electron chi connectivity index (χ3n) is 5.82. The molecule has 2 N–H and O–H groups in total. The van der Waals surface area contributed by atoms with Gasteiger partial charge in [-0.1, -0.05) is 13.3 Å². The molecular formula is C21H27N3O4. The first-order valence-corrected chi connectivity index (χ1v) is 10.1. The summed E-state index contributed by atoms with van der Waals surface area (Å²) in [6.45, 7) is 3.30. The van der Waals surface area contributed by atoms with E-state index in [2.05, 4.69) is 12.0 Å². The average molecular weight is 385 g/mol. The summed E-state index contributed by atoms with van der Waals surface area (Å²) in [4.78, 5) is 27.1. The van der Waals surface area contributed by atoms with E-state index in [-0.39, 0.29) is 36.1 Å². The lowest BCUT2D eigenvalue weighted by atomic mass is 10.1. The number of hydrogen-bond acceptors (Lipinski definition) is 4. The Bertz CT molecular complexity index is 886. The van der Waals surface area contributed by atoms with E-state index in [1.54, 1.807) is 30.3 Å². The molecule has 2 aliphatic rings. The number of carbonyl (C=O) groups is 1. The van der Waals surface area contributed by atoms with Crippen LogP contribution in [-0.2, 0) is 11.2 Å². The maximum atomic E-state index is 13.1. The van der Waals surface area contributed by atoms with Crippen LogP contribution in [0.2, 0.25) is 0 Å². The van der Waals surface area contributed by atoms with Gasteiger partial charge in [-0.25, -0.2) is 4.68 Å². The van der Waals surface area contributed by atoms with Crippen LogP contribution in [0.1, 0.15) is 42.2 Å². The van der Waals surface area contributed by atoms with Crippen molar-refractivity contribution in [3.8, 4) is 5.69 Å². The number of rotatable bonds is 5. The van der Waals surface area contributed by atoms with Crippen LogP contribution < -0.4 is 5.56 Å². The molecule has 1 amide bonds. The molecule has 2 fully saturated rings. The molecule has 7 nitrogen and oxygen atoms in total. The molecule has 1 aromatic carbocycles. The van der Waals surface area contributed by atoms with Crippen molar-refractivity contribution >= 4 is 5.91 Å². The number of aromatic nitrogens is 2. The monoisotopic (exact) mass is 385 g/mol. The number of H-pyrrole nitrogens is 1. The first-order chi connectivity index (χ1) is 13.6. The number of benzene rings is 1. The van der Waals surface area contributed by atoms with Crippen LogP contribution in [0.15, 0.2) is 35.1 Å². The van der Waals surface area contributed by atoms with Gasteiger partial charge in [0.1, 0.15) is 0 Å². The number of fused-ring (bicyclic) bond motifs is 1. The van der Waals surface area contributed by atoms with E-state index in [0.29, 0.717) is 24.4 Å². The number of ether oxygens (including phenoxy) is 1. The maximum Gasteiger partial charge on any atom is 0.271 e. The highest BCUT2D eigenvalue weighted by molar-refractivity contribution is 5.94. The lowest BCUT2D eigenvalue weighted by molar-refractivity contribution is -0.0448. The number of aryl methyl sites for hydroxylation is 1. The number of aliphatic hydroxyl groups excluding tert-OH is 1.